The lowest BCUT2D eigenvalue weighted by Gasteiger charge is -2.21. The van der Waals surface area contributed by atoms with Crippen LogP contribution in [-0.4, -0.2) is 35.9 Å². The fourth-order valence-corrected chi connectivity index (χ4v) is 2.26. The van der Waals surface area contributed by atoms with E-state index in [1.165, 1.54) is 0 Å². The van der Waals surface area contributed by atoms with Crippen molar-refractivity contribution in [1.29, 1.82) is 0 Å². The summed E-state index contributed by atoms with van der Waals surface area (Å²) < 4.78 is 6.69. The highest BCUT2D eigenvalue weighted by Crippen LogP contribution is 2.18. The molecule has 1 aromatic rings. The molecule has 1 atom stereocenters. The summed E-state index contributed by atoms with van der Waals surface area (Å²) in [6, 6.07) is 1.72. The van der Waals surface area contributed by atoms with E-state index in [1.807, 2.05) is 0 Å². The van der Waals surface area contributed by atoms with Gasteiger partial charge in [-0.25, -0.2) is 4.68 Å². The molecule has 1 aliphatic heterocycles. The maximum atomic E-state index is 11.9. The molecule has 0 radical (unpaired) electrons. The van der Waals surface area contributed by atoms with E-state index < -0.39 is 0 Å². The van der Waals surface area contributed by atoms with E-state index in [1.54, 1.807) is 24.9 Å². The average molecular weight is 252 g/mol. The van der Waals surface area contributed by atoms with Crippen molar-refractivity contribution in [3.63, 3.8) is 0 Å². The van der Waals surface area contributed by atoms with Crippen LogP contribution in [0, 0.1) is 5.92 Å². The highest BCUT2D eigenvalue weighted by Gasteiger charge is 2.17. The molecule has 6 heteroatoms. The Morgan fingerprint density at radius 1 is 1.72 bits per heavy atom. The topological polar surface area (TPSA) is 68.2 Å². The normalized spacial score (nSPS) is 19.6. The van der Waals surface area contributed by atoms with Crippen LogP contribution in [0.4, 0.5) is 5.82 Å². The van der Waals surface area contributed by atoms with Crippen LogP contribution in [0.1, 0.15) is 19.3 Å². The summed E-state index contributed by atoms with van der Waals surface area (Å²) in [7, 11) is 3.36. The van der Waals surface area contributed by atoms with Gasteiger partial charge in [0, 0.05) is 19.5 Å². The minimum atomic E-state index is 0.0180. The zero-order valence-corrected chi connectivity index (χ0v) is 10.9. The van der Waals surface area contributed by atoms with Gasteiger partial charge in [-0.05, 0) is 31.8 Å². The number of hydrogen-bond acceptors (Lipinski definition) is 4. The smallest absolute Gasteiger partial charge is 0.225 e. The van der Waals surface area contributed by atoms with Crippen molar-refractivity contribution in [2.24, 2.45) is 13.0 Å². The fraction of sp³-hybridized carbons (Fsp3) is 0.667. The number of hydrogen-bond donors (Lipinski definition) is 2. The van der Waals surface area contributed by atoms with E-state index in [4.69, 9.17) is 4.74 Å². The Morgan fingerprint density at radius 3 is 3.17 bits per heavy atom. The van der Waals surface area contributed by atoms with Crippen LogP contribution in [0.15, 0.2) is 6.07 Å². The average Bonchev–Trinajstić information content (AvgIpc) is 2.70. The van der Waals surface area contributed by atoms with Crippen LogP contribution in [0.5, 0.6) is 5.88 Å². The largest absolute Gasteiger partial charge is 0.481 e. The number of ether oxygens (including phenoxy) is 1. The molecule has 0 aromatic carbocycles. The number of amides is 1. The monoisotopic (exact) mass is 252 g/mol. The zero-order chi connectivity index (χ0) is 13.0. The quantitative estimate of drug-likeness (QED) is 0.830. The van der Waals surface area contributed by atoms with Crippen LogP contribution in [-0.2, 0) is 11.8 Å². The van der Waals surface area contributed by atoms with Crippen molar-refractivity contribution in [2.45, 2.75) is 19.3 Å². The van der Waals surface area contributed by atoms with Crippen molar-refractivity contribution in [1.82, 2.24) is 15.1 Å². The summed E-state index contributed by atoms with van der Waals surface area (Å²) >= 11 is 0. The molecule has 1 unspecified atom stereocenters. The van der Waals surface area contributed by atoms with E-state index in [2.05, 4.69) is 15.7 Å². The van der Waals surface area contributed by atoms with E-state index in [-0.39, 0.29) is 5.91 Å². The van der Waals surface area contributed by atoms with Crippen LogP contribution in [0.2, 0.25) is 0 Å². The third-order valence-electron chi connectivity index (χ3n) is 3.19. The fourth-order valence-electron chi connectivity index (χ4n) is 2.26. The standard InChI is InChI=1S/C12H20N4O2/c1-16-12(18-2)7-10(15-16)14-11(17)6-9-4-3-5-13-8-9/h7,9,13H,3-6,8H2,1-2H3,(H,14,15,17). The molecule has 2 N–H and O–H groups in total. The van der Waals surface area contributed by atoms with Crippen LogP contribution >= 0.6 is 0 Å². The van der Waals surface area contributed by atoms with Gasteiger partial charge in [-0.3, -0.25) is 4.79 Å². The molecule has 2 rings (SSSR count). The molecule has 1 aliphatic rings. The van der Waals surface area contributed by atoms with Crippen molar-refractivity contribution in [3.05, 3.63) is 6.07 Å². The summed E-state index contributed by atoms with van der Waals surface area (Å²) in [5.41, 5.74) is 0. The first kappa shape index (κ1) is 12.9. The van der Waals surface area contributed by atoms with E-state index in [9.17, 15) is 4.79 Å². The van der Waals surface area contributed by atoms with Gasteiger partial charge >= 0.3 is 0 Å². The molecule has 1 amide bonds. The number of aromatic nitrogens is 2. The number of rotatable bonds is 4. The van der Waals surface area contributed by atoms with Crippen LogP contribution in [0.3, 0.4) is 0 Å². The Balaban J connectivity index is 1.86. The van der Waals surface area contributed by atoms with Crippen molar-refractivity contribution in [2.75, 3.05) is 25.5 Å². The number of carbonyl (C=O) groups is 1. The highest BCUT2D eigenvalue weighted by atomic mass is 16.5. The zero-order valence-electron chi connectivity index (χ0n) is 10.9. The predicted octanol–water partition coefficient (Wildman–Crippen LogP) is 0.757. The van der Waals surface area contributed by atoms with E-state index in [0.29, 0.717) is 24.0 Å². The molecule has 100 valence electrons. The van der Waals surface area contributed by atoms with Gasteiger partial charge < -0.3 is 15.4 Å². The lowest BCUT2D eigenvalue weighted by Crippen LogP contribution is -2.32. The van der Waals surface area contributed by atoms with Gasteiger partial charge in [0.05, 0.1) is 7.11 Å². The molecule has 0 bridgehead atoms. The minimum Gasteiger partial charge on any atom is -0.481 e. The molecule has 1 aromatic heterocycles. The SMILES string of the molecule is COc1cc(NC(=O)CC2CCCNC2)nn1C. The summed E-state index contributed by atoms with van der Waals surface area (Å²) in [5, 5.41) is 10.3. The Labute approximate surface area is 107 Å². The van der Waals surface area contributed by atoms with Crippen molar-refractivity contribution < 1.29 is 9.53 Å². The van der Waals surface area contributed by atoms with Gasteiger partial charge in [-0.1, -0.05) is 0 Å². The van der Waals surface area contributed by atoms with E-state index in [0.717, 1.165) is 25.9 Å². The number of anilines is 1. The summed E-state index contributed by atoms with van der Waals surface area (Å²) in [4.78, 5) is 11.9. The third kappa shape index (κ3) is 3.22. The highest BCUT2D eigenvalue weighted by molar-refractivity contribution is 5.90. The van der Waals surface area contributed by atoms with E-state index >= 15 is 0 Å². The minimum absolute atomic E-state index is 0.0180. The first-order chi connectivity index (χ1) is 8.69. The van der Waals surface area contributed by atoms with Crippen molar-refractivity contribution >= 4 is 11.7 Å². The first-order valence-electron chi connectivity index (χ1n) is 6.27. The van der Waals surface area contributed by atoms with Gasteiger partial charge in [-0.2, -0.15) is 5.10 Å². The predicted molar refractivity (Wildman–Crippen MR) is 68.6 cm³/mol. The Hall–Kier alpha value is -1.56. The maximum Gasteiger partial charge on any atom is 0.225 e. The molecule has 0 spiro atoms. The van der Waals surface area contributed by atoms with Crippen LogP contribution < -0.4 is 15.4 Å². The Morgan fingerprint density at radius 2 is 2.56 bits per heavy atom. The molecule has 0 saturated carbocycles. The maximum absolute atomic E-state index is 11.9. The molecular formula is C12H20N4O2. The second kappa shape index (κ2) is 5.86. The van der Waals surface area contributed by atoms with Gasteiger partial charge in [0.15, 0.2) is 5.82 Å². The second-order valence-corrected chi connectivity index (χ2v) is 4.66. The molecular weight excluding hydrogens is 232 g/mol. The number of methoxy groups -OCH3 is 1. The number of aryl methyl sites for hydroxylation is 1. The van der Waals surface area contributed by atoms with Gasteiger partial charge in [-0.15, -0.1) is 0 Å². The third-order valence-corrected chi connectivity index (χ3v) is 3.19. The molecule has 1 saturated heterocycles. The Kier molecular flexibility index (Phi) is 4.19. The number of piperidine rings is 1. The molecule has 6 nitrogen and oxygen atoms in total. The Bertz CT molecular complexity index is 410. The molecule has 0 aliphatic carbocycles. The number of carbonyl (C=O) groups excluding carboxylic acids is 1. The lowest BCUT2D eigenvalue weighted by molar-refractivity contribution is -0.117. The first-order valence-corrected chi connectivity index (χ1v) is 6.27. The summed E-state index contributed by atoms with van der Waals surface area (Å²) in [6.07, 6.45) is 2.81. The van der Waals surface area contributed by atoms with Gasteiger partial charge in [0.1, 0.15) is 0 Å². The molecule has 18 heavy (non-hydrogen) atoms. The molecule has 1 fully saturated rings. The summed E-state index contributed by atoms with van der Waals surface area (Å²) in [5.74, 6) is 1.63. The van der Waals surface area contributed by atoms with Gasteiger partial charge in [0.25, 0.3) is 0 Å². The number of nitrogens with one attached hydrogen (secondary N) is 2. The van der Waals surface area contributed by atoms with Gasteiger partial charge in [0.2, 0.25) is 11.8 Å². The lowest BCUT2D eigenvalue weighted by atomic mass is 9.96. The molecule has 2 heterocycles. The van der Waals surface area contributed by atoms with Crippen LogP contribution in [0.25, 0.3) is 0 Å². The number of nitrogens with zero attached hydrogens (tertiary/aromatic N) is 2. The second-order valence-electron chi connectivity index (χ2n) is 4.66. The summed E-state index contributed by atoms with van der Waals surface area (Å²) in [6.45, 7) is 1.99. The van der Waals surface area contributed by atoms with Crippen molar-refractivity contribution in [3.8, 4) is 5.88 Å².